The summed E-state index contributed by atoms with van der Waals surface area (Å²) >= 11 is 0. The number of nitrogens with zero attached hydrogens (tertiary/aromatic N) is 3. The number of amides is 1. The third-order valence-electron chi connectivity index (χ3n) is 5.56. The summed E-state index contributed by atoms with van der Waals surface area (Å²) < 4.78 is 26.4. The number of aromatic nitrogens is 1. The number of likely N-dealkylation sites (tertiary alicyclic amines) is 1. The van der Waals surface area contributed by atoms with Gasteiger partial charge in [0.25, 0.3) is 0 Å². The fraction of sp³-hybridized carbons (Fsp3) is 0.684. The zero-order valence-electron chi connectivity index (χ0n) is 15.5. The Balaban J connectivity index is 1.71. The van der Waals surface area contributed by atoms with Gasteiger partial charge in [-0.15, -0.1) is 0 Å². The molecule has 0 radical (unpaired) electrons. The summed E-state index contributed by atoms with van der Waals surface area (Å²) in [5.41, 5.74) is 0.869. The molecule has 3 rings (SSSR count). The van der Waals surface area contributed by atoms with Crippen molar-refractivity contribution in [3.8, 4) is 0 Å². The van der Waals surface area contributed by atoms with E-state index in [1.54, 1.807) is 16.7 Å². The minimum Gasteiger partial charge on any atom is -0.341 e. The number of hydrogen-bond acceptors (Lipinski definition) is 4. The van der Waals surface area contributed by atoms with Crippen molar-refractivity contribution in [3.63, 3.8) is 0 Å². The summed E-state index contributed by atoms with van der Waals surface area (Å²) in [5.74, 6) is 0.358. The predicted molar refractivity (Wildman–Crippen MR) is 101 cm³/mol. The van der Waals surface area contributed by atoms with Crippen LogP contribution in [-0.4, -0.2) is 53.9 Å². The van der Waals surface area contributed by atoms with Crippen LogP contribution in [0.1, 0.15) is 50.5 Å². The lowest BCUT2D eigenvalue weighted by molar-refractivity contribution is -0.138. The highest BCUT2D eigenvalue weighted by molar-refractivity contribution is 7.88. The van der Waals surface area contributed by atoms with E-state index in [1.807, 2.05) is 17.0 Å². The van der Waals surface area contributed by atoms with Crippen molar-refractivity contribution in [2.24, 2.45) is 5.92 Å². The van der Waals surface area contributed by atoms with Crippen LogP contribution >= 0.6 is 0 Å². The third-order valence-corrected chi connectivity index (χ3v) is 6.84. The van der Waals surface area contributed by atoms with Gasteiger partial charge in [-0.05, 0) is 37.3 Å². The third kappa shape index (κ3) is 4.82. The topological polar surface area (TPSA) is 70.6 Å². The molecule has 1 aliphatic carbocycles. The highest BCUT2D eigenvalue weighted by Gasteiger charge is 2.34. The first-order chi connectivity index (χ1) is 12.4. The van der Waals surface area contributed by atoms with Gasteiger partial charge in [0.15, 0.2) is 0 Å². The second kappa shape index (κ2) is 8.48. The number of piperidine rings is 1. The molecule has 144 valence electrons. The Morgan fingerprint density at radius 1 is 1.23 bits per heavy atom. The van der Waals surface area contributed by atoms with Crippen molar-refractivity contribution in [3.05, 3.63) is 30.1 Å². The lowest BCUT2D eigenvalue weighted by Gasteiger charge is -2.39. The SMILES string of the molecule is CS(=O)(=O)N(Cc1cccnc1)C1CCCN(C(=O)C2CCCCC2)C1. The molecule has 1 amide bonds. The molecule has 26 heavy (non-hydrogen) atoms. The average Bonchev–Trinajstić information content (AvgIpc) is 2.66. The van der Waals surface area contributed by atoms with Crippen LogP contribution in [0.4, 0.5) is 0 Å². The Morgan fingerprint density at radius 3 is 2.65 bits per heavy atom. The van der Waals surface area contributed by atoms with Gasteiger partial charge in [-0.1, -0.05) is 25.3 Å². The van der Waals surface area contributed by atoms with Gasteiger partial charge in [-0.2, -0.15) is 4.31 Å². The molecule has 1 saturated heterocycles. The molecule has 1 atom stereocenters. The Kier molecular flexibility index (Phi) is 6.29. The number of pyridine rings is 1. The highest BCUT2D eigenvalue weighted by Crippen LogP contribution is 2.28. The molecule has 0 bridgehead atoms. The van der Waals surface area contributed by atoms with Gasteiger partial charge in [-0.25, -0.2) is 8.42 Å². The van der Waals surface area contributed by atoms with Crippen LogP contribution in [0, 0.1) is 5.92 Å². The molecule has 1 aromatic heterocycles. The summed E-state index contributed by atoms with van der Waals surface area (Å²) in [7, 11) is -3.37. The van der Waals surface area contributed by atoms with Crippen LogP contribution in [0.5, 0.6) is 0 Å². The number of sulfonamides is 1. The van der Waals surface area contributed by atoms with E-state index < -0.39 is 10.0 Å². The highest BCUT2D eigenvalue weighted by atomic mass is 32.2. The van der Waals surface area contributed by atoms with E-state index in [0.29, 0.717) is 13.1 Å². The minimum absolute atomic E-state index is 0.132. The molecule has 1 unspecified atom stereocenters. The zero-order valence-corrected chi connectivity index (χ0v) is 16.3. The van der Waals surface area contributed by atoms with E-state index in [0.717, 1.165) is 50.6 Å². The number of rotatable bonds is 5. The van der Waals surface area contributed by atoms with E-state index in [2.05, 4.69) is 4.98 Å². The second-order valence-electron chi connectivity index (χ2n) is 7.58. The Hall–Kier alpha value is -1.47. The van der Waals surface area contributed by atoms with Crippen molar-refractivity contribution < 1.29 is 13.2 Å². The number of hydrogen-bond donors (Lipinski definition) is 0. The van der Waals surface area contributed by atoms with Crippen LogP contribution in [0.3, 0.4) is 0 Å². The molecule has 6 nitrogen and oxygen atoms in total. The van der Waals surface area contributed by atoms with Crippen LogP contribution in [-0.2, 0) is 21.4 Å². The molecule has 7 heteroatoms. The van der Waals surface area contributed by atoms with Crippen LogP contribution in [0.15, 0.2) is 24.5 Å². The van der Waals surface area contributed by atoms with Gasteiger partial charge >= 0.3 is 0 Å². The second-order valence-corrected chi connectivity index (χ2v) is 9.52. The van der Waals surface area contributed by atoms with E-state index in [4.69, 9.17) is 0 Å². The van der Waals surface area contributed by atoms with Crippen molar-refractivity contribution in [2.75, 3.05) is 19.3 Å². The Bertz CT molecular complexity index is 702. The van der Waals surface area contributed by atoms with Crippen molar-refractivity contribution >= 4 is 15.9 Å². The standard InChI is InChI=1S/C19H29N3O3S/c1-26(24,25)22(14-16-7-5-11-20-13-16)18-10-6-12-21(15-18)19(23)17-8-3-2-4-9-17/h5,7,11,13,17-18H,2-4,6,8-10,12,14-15H2,1H3. The maximum Gasteiger partial charge on any atom is 0.225 e. The smallest absolute Gasteiger partial charge is 0.225 e. The first kappa shape index (κ1) is 19.3. The predicted octanol–water partition coefficient (Wildman–Crippen LogP) is 2.41. The maximum absolute atomic E-state index is 12.9. The molecular weight excluding hydrogens is 350 g/mol. The maximum atomic E-state index is 12.9. The van der Waals surface area contributed by atoms with Gasteiger partial charge in [0.1, 0.15) is 0 Å². The van der Waals surface area contributed by atoms with Crippen LogP contribution in [0.25, 0.3) is 0 Å². The summed E-state index contributed by atoms with van der Waals surface area (Å²) in [6, 6.07) is 3.54. The molecular formula is C19H29N3O3S. The first-order valence-corrected chi connectivity index (χ1v) is 11.4. The zero-order chi connectivity index (χ0) is 18.6. The van der Waals surface area contributed by atoms with Crippen LogP contribution in [0.2, 0.25) is 0 Å². The van der Waals surface area contributed by atoms with Crippen molar-refractivity contribution in [1.82, 2.24) is 14.2 Å². The fourth-order valence-corrected chi connectivity index (χ4v) is 5.28. The molecule has 2 fully saturated rings. The molecule has 1 aliphatic heterocycles. The minimum atomic E-state index is -3.37. The van der Waals surface area contributed by atoms with Crippen molar-refractivity contribution in [1.29, 1.82) is 0 Å². The monoisotopic (exact) mass is 379 g/mol. The van der Waals surface area contributed by atoms with E-state index in [9.17, 15) is 13.2 Å². The summed E-state index contributed by atoms with van der Waals surface area (Å²) in [4.78, 5) is 18.9. The summed E-state index contributed by atoms with van der Waals surface area (Å²) in [6.07, 6.45) is 11.7. The van der Waals surface area contributed by atoms with Gasteiger partial charge < -0.3 is 4.90 Å². The normalized spacial score (nSPS) is 22.5. The quantitative estimate of drug-likeness (QED) is 0.788. The number of carbonyl (C=O) groups is 1. The van der Waals surface area contributed by atoms with E-state index in [1.165, 1.54) is 12.7 Å². The first-order valence-electron chi connectivity index (χ1n) is 9.59. The fourth-order valence-electron chi connectivity index (χ4n) is 4.19. The van der Waals surface area contributed by atoms with E-state index >= 15 is 0 Å². The molecule has 2 heterocycles. The van der Waals surface area contributed by atoms with Gasteiger partial charge in [-0.3, -0.25) is 9.78 Å². The van der Waals surface area contributed by atoms with Gasteiger partial charge in [0, 0.05) is 44.0 Å². The molecule has 2 aliphatic rings. The molecule has 0 N–H and O–H groups in total. The van der Waals surface area contributed by atoms with Crippen molar-refractivity contribution in [2.45, 2.75) is 57.5 Å². The summed E-state index contributed by atoms with van der Waals surface area (Å²) in [6.45, 7) is 1.56. The Labute approximate surface area is 156 Å². The van der Waals surface area contributed by atoms with Gasteiger partial charge in [0.05, 0.1) is 6.26 Å². The lowest BCUT2D eigenvalue weighted by Crippen LogP contribution is -2.52. The summed E-state index contributed by atoms with van der Waals surface area (Å²) in [5, 5.41) is 0. The number of carbonyl (C=O) groups excluding carboxylic acids is 1. The van der Waals surface area contributed by atoms with Crippen LogP contribution < -0.4 is 0 Å². The molecule has 0 spiro atoms. The molecule has 1 aromatic rings. The largest absolute Gasteiger partial charge is 0.341 e. The van der Waals surface area contributed by atoms with E-state index in [-0.39, 0.29) is 17.9 Å². The molecule has 0 aromatic carbocycles. The lowest BCUT2D eigenvalue weighted by atomic mass is 9.87. The average molecular weight is 380 g/mol. The van der Waals surface area contributed by atoms with Gasteiger partial charge in [0.2, 0.25) is 15.9 Å². The Morgan fingerprint density at radius 2 is 2.00 bits per heavy atom. The molecule has 1 saturated carbocycles.